The van der Waals surface area contributed by atoms with Crippen molar-refractivity contribution in [3.63, 3.8) is 0 Å². The molecular formula is C90H108F2O4. The number of fused-ring (bicyclic) bond motifs is 4. The van der Waals surface area contributed by atoms with Crippen LogP contribution in [0.15, 0.2) is 133 Å². The van der Waals surface area contributed by atoms with Crippen LogP contribution < -0.4 is 9.47 Å². The first-order chi connectivity index (χ1) is 44.3. The molecule has 10 aromatic carbocycles. The van der Waals surface area contributed by atoms with Crippen LogP contribution in [0.2, 0.25) is 0 Å². The van der Waals surface area contributed by atoms with E-state index in [4.69, 9.17) is 9.47 Å². The van der Waals surface area contributed by atoms with E-state index in [1.54, 1.807) is 0 Å². The number of rotatable bonds is 15. The molecule has 0 fully saturated rings. The van der Waals surface area contributed by atoms with Crippen LogP contribution in [0.4, 0.5) is 8.78 Å². The summed E-state index contributed by atoms with van der Waals surface area (Å²) in [4.78, 5) is 0. The summed E-state index contributed by atoms with van der Waals surface area (Å²) in [6.07, 6.45) is 2.81. The Labute approximate surface area is 573 Å². The van der Waals surface area contributed by atoms with E-state index in [-0.39, 0.29) is 68.0 Å². The van der Waals surface area contributed by atoms with Crippen molar-refractivity contribution in [3.05, 3.63) is 190 Å². The van der Waals surface area contributed by atoms with Gasteiger partial charge in [0.25, 0.3) is 0 Å². The van der Waals surface area contributed by atoms with Gasteiger partial charge in [-0.1, -0.05) is 201 Å². The molecule has 0 unspecified atom stereocenters. The van der Waals surface area contributed by atoms with Crippen molar-refractivity contribution in [2.24, 2.45) is 10.8 Å². The van der Waals surface area contributed by atoms with E-state index in [2.05, 4.69) is 262 Å². The normalized spacial score (nSPS) is 13.2. The number of ether oxygens (including phenoxy) is 2. The molecule has 0 radical (unpaired) electrons. The average Bonchev–Trinajstić information content (AvgIpc) is 0.736. The van der Waals surface area contributed by atoms with Gasteiger partial charge >= 0.3 is 0 Å². The van der Waals surface area contributed by atoms with E-state index in [0.29, 0.717) is 68.8 Å². The van der Waals surface area contributed by atoms with Gasteiger partial charge in [0.2, 0.25) is 0 Å². The molecule has 0 aliphatic rings. The summed E-state index contributed by atoms with van der Waals surface area (Å²) in [6.45, 7) is 53.7. The number of aromatic hydroxyl groups is 2. The quantitative estimate of drug-likeness (QED) is 0.0793. The summed E-state index contributed by atoms with van der Waals surface area (Å²) in [5, 5.41) is 35.1. The third kappa shape index (κ3) is 14.9. The molecule has 4 nitrogen and oxygen atoms in total. The summed E-state index contributed by atoms with van der Waals surface area (Å²) in [5.74, 6) is 0.268. The van der Waals surface area contributed by atoms with Crippen molar-refractivity contribution in [1.82, 2.24) is 0 Å². The molecule has 0 bridgehead atoms. The second kappa shape index (κ2) is 25.3. The maximum absolute atomic E-state index is 16.3. The minimum atomic E-state index is -0.425. The Kier molecular flexibility index (Phi) is 18.7. The molecule has 0 aromatic heterocycles. The van der Waals surface area contributed by atoms with E-state index in [9.17, 15) is 10.2 Å². The van der Waals surface area contributed by atoms with Crippen molar-refractivity contribution < 1.29 is 28.5 Å². The molecule has 0 aliphatic heterocycles. The minimum Gasteiger partial charge on any atom is -0.507 e. The number of hydrogen-bond donors (Lipinski definition) is 2. The molecule has 0 saturated heterocycles. The third-order valence-corrected chi connectivity index (χ3v) is 19.7. The van der Waals surface area contributed by atoms with Gasteiger partial charge in [-0.3, -0.25) is 0 Å². The fourth-order valence-electron chi connectivity index (χ4n) is 15.2. The summed E-state index contributed by atoms with van der Waals surface area (Å²) >= 11 is 0. The maximum Gasteiger partial charge on any atom is 0.131 e. The van der Waals surface area contributed by atoms with Crippen molar-refractivity contribution in [1.29, 1.82) is 0 Å². The molecule has 10 rings (SSSR count). The molecule has 96 heavy (non-hydrogen) atoms. The van der Waals surface area contributed by atoms with E-state index >= 15 is 8.78 Å². The van der Waals surface area contributed by atoms with Crippen LogP contribution in [0, 0.1) is 36.3 Å². The van der Waals surface area contributed by atoms with Crippen LogP contribution in [0.25, 0.3) is 87.6 Å². The Hall–Kier alpha value is -7.70. The highest BCUT2D eigenvalue weighted by Gasteiger charge is 2.34. The summed E-state index contributed by atoms with van der Waals surface area (Å²) in [7, 11) is 0. The Morgan fingerprint density at radius 2 is 0.583 bits per heavy atom. The fraction of sp³-hybridized carbons (Fsp3) is 0.422. The number of halogens is 2. The molecule has 0 aliphatic carbocycles. The number of unbranched alkanes of at least 4 members (excludes halogenated alkanes) is 1. The monoisotopic (exact) mass is 1290 g/mol. The van der Waals surface area contributed by atoms with Crippen LogP contribution >= 0.6 is 0 Å². The predicted octanol–water partition coefficient (Wildman–Crippen LogP) is 26.1. The zero-order chi connectivity index (χ0) is 70.5. The van der Waals surface area contributed by atoms with Gasteiger partial charge in [-0.05, 0) is 255 Å². The van der Waals surface area contributed by atoms with E-state index in [1.807, 2.05) is 13.8 Å². The molecule has 0 amide bonds. The number of hydrogen-bond acceptors (Lipinski definition) is 4. The van der Waals surface area contributed by atoms with E-state index in [1.165, 1.54) is 46.5 Å². The Balaban J connectivity index is 1.05. The highest BCUT2D eigenvalue weighted by atomic mass is 19.1. The van der Waals surface area contributed by atoms with Gasteiger partial charge < -0.3 is 19.7 Å². The van der Waals surface area contributed by atoms with Crippen LogP contribution in [0.1, 0.15) is 223 Å². The van der Waals surface area contributed by atoms with Gasteiger partial charge in [-0.25, -0.2) is 8.78 Å². The van der Waals surface area contributed by atoms with Crippen molar-refractivity contribution in [2.75, 3.05) is 13.2 Å². The largest absolute Gasteiger partial charge is 0.507 e. The maximum atomic E-state index is 16.3. The van der Waals surface area contributed by atoms with Crippen LogP contribution in [0.3, 0.4) is 0 Å². The molecule has 10 aromatic rings. The van der Waals surface area contributed by atoms with Crippen molar-refractivity contribution in [3.8, 4) is 67.5 Å². The predicted molar refractivity (Wildman–Crippen MR) is 407 cm³/mol. The lowest BCUT2D eigenvalue weighted by Crippen LogP contribution is -2.25. The van der Waals surface area contributed by atoms with Gasteiger partial charge in [0.1, 0.15) is 34.6 Å². The topological polar surface area (TPSA) is 58.9 Å². The van der Waals surface area contributed by atoms with E-state index < -0.39 is 11.6 Å². The summed E-state index contributed by atoms with van der Waals surface area (Å²) in [5.41, 5.74) is 11.8. The first kappa shape index (κ1) is 71.1. The molecule has 0 saturated carbocycles. The van der Waals surface area contributed by atoms with Crippen molar-refractivity contribution >= 4 is 43.1 Å². The van der Waals surface area contributed by atoms with E-state index in [0.717, 1.165) is 78.2 Å². The summed E-state index contributed by atoms with van der Waals surface area (Å²) in [6, 6.07) is 46.0. The highest BCUT2D eigenvalue weighted by Crippen LogP contribution is 2.54. The molecule has 6 heteroatoms. The first-order valence-corrected chi connectivity index (χ1v) is 35.0. The molecule has 0 atom stereocenters. The Bertz CT molecular complexity index is 4200. The van der Waals surface area contributed by atoms with Crippen molar-refractivity contribution in [2.45, 2.75) is 224 Å². The zero-order valence-corrected chi connectivity index (χ0v) is 62.4. The molecule has 506 valence electrons. The second-order valence-electron chi connectivity index (χ2n) is 35.9. The first-order valence-electron chi connectivity index (χ1n) is 35.0. The molecule has 0 heterocycles. The third-order valence-electron chi connectivity index (χ3n) is 19.7. The molecular weight excluding hydrogens is 1180 g/mol. The fourth-order valence-corrected chi connectivity index (χ4v) is 15.2. The molecule has 0 spiro atoms. The lowest BCUT2D eigenvalue weighted by atomic mass is 9.71. The number of phenols is 2. The zero-order valence-electron chi connectivity index (χ0n) is 62.4. The smallest absolute Gasteiger partial charge is 0.131 e. The number of benzene rings is 10. The Morgan fingerprint density at radius 1 is 0.312 bits per heavy atom. The van der Waals surface area contributed by atoms with Gasteiger partial charge in [0.05, 0.1) is 13.2 Å². The van der Waals surface area contributed by atoms with Gasteiger partial charge in [0, 0.05) is 44.5 Å². The van der Waals surface area contributed by atoms with Crippen LogP contribution in [-0.2, 0) is 32.5 Å². The standard InChI is InChI=1S/C90H108F2O4/c1-53-37-65(91)49-73(71-45-63(89(21,22)51-83(3,4)5)47-75(79(71)93)77-67-41-59(85(9,10)11)31-27-55(67)39-56-28-32-60(42-68(56)77)86(12,13)14)81(53)95-35-25-26-36-96-82-54(2)38-66(92)50-74(82)72-46-64(90(23,24)52-84(6,7)8)48-76(80(72)94)78-69-43-61(87(15,16)17)33-29-57(69)40-58-30-34-62(44-70(58)78)88(18,19)20/h27-34,37-50,93-94H,25-26,35-36,51-52H2,1-24H3. The highest BCUT2D eigenvalue weighted by molar-refractivity contribution is 6.16. The molecule has 2 N–H and O–H groups in total. The average molecular weight is 1290 g/mol. The second-order valence-corrected chi connectivity index (χ2v) is 35.9. The lowest BCUT2D eigenvalue weighted by Gasteiger charge is -2.34. The van der Waals surface area contributed by atoms with Gasteiger partial charge in [0.15, 0.2) is 0 Å². The van der Waals surface area contributed by atoms with Gasteiger partial charge in [-0.15, -0.1) is 0 Å². The minimum absolute atomic E-state index is 0.0389. The van der Waals surface area contributed by atoms with Gasteiger partial charge in [-0.2, -0.15) is 0 Å². The number of aryl methyl sites for hydroxylation is 2. The Morgan fingerprint density at radius 3 is 0.844 bits per heavy atom. The SMILES string of the molecule is Cc1cc(F)cc(-c2cc(C(C)(C)CC(C)(C)C)cc(-c3c4cc(C(C)(C)C)ccc4cc4ccc(C(C)(C)C)cc34)c2O)c1OCCCCOc1c(C)cc(F)cc1-c1cc(C(C)(C)CC(C)(C)C)cc(-c2c3cc(C(C)(C)C)ccc3cc3ccc(C(C)(C)C)cc23)c1O. The number of phenolic OH excluding ortho intramolecular Hbond substituents is 2. The lowest BCUT2D eigenvalue weighted by molar-refractivity contribution is 0.265. The van der Waals surface area contributed by atoms with Crippen LogP contribution in [0.5, 0.6) is 23.0 Å². The summed E-state index contributed by atoms with van der Waals surface area (Å²) < 4.78 is 46.4. The van der Waals surface area contributed by atoms with Crippen LogP contribution in [-0.4, -0.2) is 23.4 Å².